The molecule has 1 N–H and O–H groups in total. The molecule has 1 saturated heterocycles. The summed E-state index contributed by atoms with van der Waals surface area (Å²) in [6.07, 6.45) is 2.08. The summed E-state index contributed by atoms with van der Waals surface area (Å²) in [5, 5.41) is 2.95. The van der Waals surface area contributed by atoms with Crippen LogP contribution in [0.2, 0.25) is 0 Å². The molecule has 0 bridgehead atoms. The Kier molecular flexibility index (Phi) is 4.47. The molecule has 0 radical (unpaired) electrons. The Morgan fingerprint density at radius 1 is 1.37 bits per heavy atom. The van der Waals surface area contributed by atoms with Gasteiger partial charge in [-0.2, -0.15) is 0 Å². The van der Waals surface area contributed by atoms with Gasteiger partial charge in [0, 0.05) is 24.7 Å². The number of rotatable bonds is 4. The summed E-state index contributed by atoms with van der Waals surface area (Å²) < 4.78 is 26.7. The van der Waals surface area contributed by atoms with E-state index in [0.717, 1.165) is 32.0 Å². The van der Waals surface area contributed by atoms with Crippen molar-refractivity contribution >= 4 is 5.91 Å². The molecule has 1 aromatic carbocycles. The van der Waals surface area contributed by atoms with Crippen LogP contribution in [0.25, 0.3) is 0 Å². The summed E-state index contributed by atoms with van der Waals surface area (Å²) in [6.45, 7) is 3.46. The highest BCUT2D eigenvalue weighted by atomic mass is 19.2. The predicted molar refractivity (Wildman–Crippen MR) is 68.6 cm³/mol. The van der Waals surface area contributed by atoms with Crippen molar-refractivity contribution in [2.75, 3.05) is 19.6 Å². The summed E-state index contributed by atoms with van der Waals surface area (Å²) in [5.41, 5.74) is 0.245. The van der Waals surface area contributed by atoms with Crippen molar-refractivity contribution in [3.8, 4) is 0 Å². The van der Waals surface area contributed by atoms with Crippen molar-refractivity contribution in [1.82, 2.24) is 10.2 Å². The van der Waals surface area contributed by atoms with Crippen molar-refractivity contribution in [2.45, 2.75) is 25.8 Å². The van der Waals surface area contributed by atoms with Gasteiger partial charge in [-0.25, -0.2) is 8.78 Å². The van der Waals surface area contributed by atoms with Crippen molar-refractivity contribution in [1.29, 1.82) is 0 Å². The Labute approximate surface area is 111 Å². The highest BCUT2D eigenvalue weighted by Gasteiger charge is 2.19. The standard InChI is InChI=1S/C14H18F2N2O/c1-10(11-5-4-6-12(15)14(11)16)17-9-13(19)18-7-2-3-8-18/h4-6,10,17H,2-3,7-9H2,1H3. The van der Waals surface area contributed by atoms with Gasteiger partial charge in [0.15, 0.2) is 11.6 Å². The van der Waals surface area contributed by atoms with E-state index in [1.807, 2.05) is 0 Å². The van der Waals surface area contributed by atoms with E-state index in [-0.39, 0.29) is 18.0 Å². The van der Waals surface area contributed by atoms with E-state index in [0.29, 0.717) is 0 Å². The number of hydrogen-bond acceptors (Lipinski definition) is 2. The fourth-order valence-corrected chi connectivity index (χ4v) is 2.28. The minimum Gasteiger partial charge on any atom is -0.342 e. The molecule has 3 nitrogen and oxygen atoms in total. The molecule has 1 aromatic rings. The van der Waals surface area contributed by atoms with Gasteiger partial charge in [-0.05, 0) is 25.8 Å². The summed E-state index contributed by atoms with van der Waals surface area (Å²) in [4.78, 5) is 13.6. The van der Waals surface area contributed by atoms with E-state index in [4.69, 9.17) is 0 Å². The molecule has 104 valence electrons. The first kappa shape index (κ1) is 13.9. The summed E-state index contributed by atoms with van der Waals surface area (Å²) in [7, 11) is 0. The van der Waals surface area contributed by atoms with Crippen LogP contribution in [0.5, 0.6) is 0 Å². The second-order valence-corrected chi connectivity index (χ2v) is 4.83. The average Bonchev–Trinajstić information content (AvgIpc) is 2.93. The van der Waals surface area contributed by atoms with Crippen molar-refractivity contribution in [3.05, 3.63) is 35.4 Å². The topological polar surface area (TPSA) is 32.3 Å². The Morgan fingerprint density at radius 2 is 2.05 bits per heavy atom. The fourth-order valence-electron chi connectivity index (χ4n) is 2.28. The van der Waals surface area contributed by atoms with Crippen LogP contribution in [-0.4, -0.2) is 30.4 Å². The minimum atomic E-state index is -0.864. The molecule has 1 unspecified atom stereocenters. The number of halogens is 2. The van der Waals surface area contributed by atoms with Gasteiger partial charge in [0.05, 0.1) is 6.54 Å². The number of amides is 1. The second kappa shape index (κ2) is 6.10. The smallest absolute Gasteiger partial charge is 0.236 e. The number of nitrogens with zero attached hydrogens (tertiary/aromatic N) is 1. The average molecular weight is 268 g/mol. The fraction of sp³-hybridized carbons (Fsp3) is 0.500. The van der Waals surface area contributed by atoms with Crippen LogP contribution in [0.3, 0.4) is 0 Å². The van der Waals surface area contributed by atoms with Crippen molar-refractivity contribution < 1.29 is 13.6 Å². The molecular formula is C14H18F2N2O. The maximum absolute atomic E-state index is 13.6. The lowest BCUT2D eigenvalue weighted by Gasteiger charge is -2.19. The zero-order valence-electron chi connectivity index (χ0n) is 11.0. The van der Waals surface area contributed by atoms with Gasteiger partial charge in [0.2, 0.25) is 5.91 Å². The molecule has 0 aliphatic carbocycles. The third kappa shape index (κ3) is 3.29. The van der Waals surface area contributed by atoms with Gasteiger partial charge in [0.1, 0.15) is 0 Å². The van der Waals surface area contributed by atoms with E-state index in [9.17, 15) is 13.6 Å². The molecule has 1 fully saturated rings. The third-order valence-electron chi connectivity index (χ3n) is 3.47. The maximum Gasteiger partial charge on any atom is 0.236 e. The molecule has 0 aromatic heterocycles. The molecule has 1 amide bonds. The first-order valence-corrected chi connectivity index (χ1v) is 6.54. The number of likely N-dealkylation sites (tertiary alicyclic amines) is 1. The Balaban J connectivity index is 1.92. The highest BCUT2D eigenvalue weighted by Crippen LogP contribution is 2.18. The van der Waals surface area contributed by atoms with E-state index in [1.54, 1.807) is 11.8 Å². The number of carbonyl (C=O) groups is 1. The van der Waals surface area contributed by atoms with Crippen LogP contribution in [-0.2, 0) is 4.79 Å². The number of nitrogens with one attached hydrogen (secondary N) is 1. The van der Waals surface area contributed by atoms with Gasteiger partial charge in [-0.3, -0.25) is 4.79 Å². The molecule has 1 atom stereocenters. The summed E-state index contributed by atoms with van der Waals surface area (Å²) in [6, 6.07) is 3.67. The molecule has 5 heteroatoms. The molecule has 19 heavy (non-hydrogen) atoms. The van der Waals surface area contributed by atoms with Gasteiger partial charge in [-0.15, -0.1) is 0 Å². The number of hydrogen-bond donors (Lipinski definition) is 1. The van der Waals surface area contributed by atoms with Crippen LogP contribution in [0.4, 0.5) is 8.78 Å². The van der Waals surface area contributed by atoms with Crippen LogP contribution >= 0.6 is 0 Å². The SMILES string of the molecule is CC(NCC(=O)N1CCCC1)c1cccc(F)c1F. The van der Waals surface area contributed by atoms with E-state index in [2.05, 4.69) is 5.32 Å². The lowest BCUT2D eigenvalue weighted by molar-refractivity contribution is -0.129. The molecular weight excluding hydrogens is 250 g/mol. The van der Waals surface area contributed by atoms with Crippen LogP contribution in [0.15, 0.2) is 18.2 Å². The normalized spacial score (nSPS) is 16.7. The van der Waals surface area contributed by atoms with Gasteiger partial charge >= 0.3 is 0 Å². The molecule has 0 saturated carbocycles. The van der Waals surface area contributed by atoms with Crippen molar-refractivity contribution in [2.24, 2.45) is 0 Å². The largest absolute Gasteiger partial charge is 0.342 e. The monoisotopic (exact) mass is 268 g/mol. The molecule has 1 aliphatic rings. The predicted octanol–water partition coefficient (Wildman–Crippen LogP) is 2.24. The number of benzene rings is 1. The third-order valence-corrected chi connectivity index (χ3v) is 3.47. The Hall–Kier alpha value is -1.49. The summed E-state index contributed by atoms with van der Waals surface area (Å²) in [5.74, 6) is -1.70. The van der Waals surface area contributed by atoms with Gasteiger partial charge in [0.25, 0.3) is 0 Å². The molecule has 2 rings (SSSR count). The molecule has 1 aliphatic heterocycles. The van der Waals surface area contributed by atoms with Crippen LogP contribution in [0.1, 0.15) is 31.4 Å². The molecule has 0 spiro atoms. The number of carbonyl (C=O) groups excluding carboxylic acids is 1. The Morgan fingerprint density at radius 3 is 2.74 bits per heavy atom. The van der Waals surface area contributed by atoms with Crippen LogP contribution in [0, 0.1) is 11.6 Å². The van der Waals surface area contributed by atoms with E-state index < -0.39 is 17.7 Å². The first-order valence-electron chi connectivity index (χ1n) is 6.54. The van der Waals surface area contributed by atoms with E-state index >= 15 is 0 Å². The first-order chi connectivity index (χ1) is 9.09. The maximum atomic E-state index is 13.6. The zero-order chi connectivity index (χ0) is 13.8. The molecule has 1 heterocycles. The van der Waals surface area contributed by atoms with Crippen LogP contribution < -0.4 is 5.32 Å². The quantitative estimate of drug-likeness (QED) is 0.908. The zero-order valence-corrected chi connectivity index (χ0v) is 11.0. The van der Waals surface area contributed by atoms with Gasteiger partial charge < -0.3 is 10.2 Å². The highest BCUT2D eigenvalue weighted by molar-refractivity contribution is 5.78. The van der Waals surface area contributed by atoms with Gasteiger partial charge in [-0.1, -0.05) is 12.1 Å². The lowest BCUT2D eigenvalue weighted by atomic mass is 10.1. The second-order valence-electron chi connectivity index (χ2n) is 4.83. The lowest BCUT2D eigenvalue weighted by Crippen LogP contribution is -2.37. The summed E-state index contributed by atoms with van der Waals surface area (Å²) >= 11 is 0. The Bertz CT molecular complexity index is 459. The van der Waals surface area contributed by atoms with Crippen molar-refractivity contribution in [3.63, 3.8) is 0 Å². The minimum absolute atomic E-state index is 0.0150. The van der Waals surface area contributed by atoms with E-state index in [1.165, 1.54) is 12.1 Å².